The highest BCUT2D eigenvalue weighted by atomic mass is 79.9. The molecule has 0 bridgehead atoms. The summed E-state index contributed by atoms with van der Waals surface area (Å²) in [6.45, 7) is 1.97. The molecule has 0 saturated carbocycles. The minimum atomic E-state index is -0.327. The van der Waals surface area contributed by atoms with E-state index in [1.165, 1.54) is 12.1 Å². The van der Waals surface area contributed by atoms with Gasteiger partial charge >= 0.3 is 0 Å². The molecule has 1 heterocycles. The molecular weight excluding hydrogens is 335 g/mol. The Morgan fingerprint density at radius 2 is 2.00 bits per heavy atom. The average molecular weight is 347 g/mol. The number of benzene rings is 2. The number of nitrogens with zero attached hydrogens (tertiary/aromatic N) is 1. The lowest BCUT2D eigenvalue weighted by molar-refractivity contribution is 0.439. The minimum absolute atomic E-state index is 0.179. The Balaban J connectivity index is 2.22. The van der Waals surface area contributed by atoms with Crippen molar-refractivity contribution >= 4 is 21.8 Å². The Labute approximate surface area is 129 Å². The molecule has 0 radical (unpaired) electrons. The van der Waals surface area contributed by atoms with E-state index in [-0.39, 0.29) is 11.7 Å². The predicted octanol–water partition coefficient (Wildman–Crippen LogP) is 4.80. The Hall–Kier alpha value is -2.14. The van der Waals surface area contributed by atoms with Crippen LogP contribution in [-0.4, -0.2) is 5.16 Å². The first-order valence-corrected chi connectivity index (χ1v) is 7.13. The normalized spacial score (nSPS) is 10.8. The Morgan fingerprint density at radius 1 is 1.19 bits per heavy atom. The number of nitrogen functional groups attached to an aromatic ring is 1. The molecule has 106 valence electrons. The van der Waals surface area contributed by atoms with Crippen LogP contribution in [0.2, 0.25) is 0 Å². The highest BCUT2D eigenvalue weighted by Gasteiger charge is 2.19. The number of rotatable bonds is 2. The van der Waals surface area contributed by atoms with Crippen molar-refractivity contribution in [3.05, 3.63) is 58.3 Å². The Morgan fingerprint density at radius 3 is 2.71 bits per heavy atom. The van der Waals surface area contributed by atoms with E-state index in [9.17, 15) is 4.39 Å². The number of nitrogens with two attached hydrogens (primary N) is 1. The lowest BCUT2D eigenvalue weighted by Gasteiger charge is -2.06. The van der Waals surface area contributed by atoms with Crippen LogP contribution in [0.1, 0.15) is 5.56 Å². The van der Waals surface area contributed by atoms with E-state index in [0.717, 1.165) is 15.6 Å². The van der Waals surface area contributed by atoms with Crippen molar-refractivity contribution in [1.82, 2.24) is 5.16 Å². The lowest BCUT2D eigenvalue weighted by Crippen LogP contribution is -1.90. The number of aryl methyl sites for hydroxylation is 1. The van der Waals surface area contributed by atoms with Crippen LogP contribution in [0.15, 0.2) is 51.5 Å². The maximum Gasteiger partial charge on any atom is 0.230 e. The second-order valence-corrected chi connectivity index (χ2v) is 5.66. The summed E-state index contributed by atoms with van der Waals surface area (Å²) in [6, 6.07) is 12.1. The molecule has 0 amide bonds. The third kappa shape index (κ3) is 2.56. The average Bonchev–Trinajstić information content (AvgIpc) is 2.80. The maximum absolute atomic E-state index is 13.5. The van der Waals surface area contributed by atoms with Crippen LogP contribution in [0, 0.1) is 12.7 Å². The van der Waals surface area contributed by atoms with E-state index in [0.29, 0.717) is 16.8 Å². The van der Waals surface area contributed by atoms with E-state index in [2.05, 4.69) is 21.1 Å². The predicted molar refractivity (Wildman–Crippen MR) is 84.2 cm³/mol. The third-order valence-electron chi connectivity index (χ3n) is 3.28. The summed E-state index contributed by atoms with van der Waals surface area (Å²) in [5.41, 5.74) is 9.67. The second kappa shape index (κ2) is 5.33. The molecule has 0 spiro atoms. The fraction of sp³-hybridized carbons (Fsp3) is 0.0625. The molecule has 3 rings (SSSR count). The molecule has 3 nitrogen and oxygen atoms in total. The molecular formula is C16H12BrFN2O. The molecule has 0 fully saturated rings. The molecule has 5 heteroatoms. The molecule has 21 heavy (non-hydrogen) atoms. The first kappa shape index (κ1) is 13.8. The zero-order valence-corrected chi connectivity index (χ0v) is 12.8. The summed E-state index contributed by atoms with van der Waals surface area (Å²) >= 11 is 3.43. The van der Waals surface area contributed by atoms with E-state index in [1.807, 2.05) is 25.1 Å². The van der Waals surface area contributed by atoms with Crippen LogP contribution in [0.3, 0.4) is 0 Å². The molecule has 2 aromatic carbocycles. The lowest BCUT2D eigenvalue weighted by atomic mass is 9.98. The fourth-order valence-electron chi connectivity index (χ4n) is 2.30. The number of anilines is 1. The van der Waals surface area contributed by atoms with Crippen LogP contribution in [0.25, 0.3) is 22.4 Å². The molecule has 3 aromatic rings. The van der Waals surface area contributed by atoms with Crippen LogP contribution in [-0.2, 0) is 0 Å². The monoisotopic (exact) mass is 346 g/mol. The molecule has 0 unspecified atom stereocenters. The topological polar surface area (TPSA) is 52.0 Å². The minimum Gasteiger partial charge on any atom is -0.367 e. The number of aromatic nitrogens is 1. The highest BCUT2D eigenvalue weighted by molar-refractivity contribution is 9.10. The van der Waals surface area contributed by atoms with E-state index < -0.39 is 0 Å². The van der Waals surface area contributed by atoms with Gasteiger partial charge in [0, 0.05) is 10.0 Å². The largest absolute Gasteiger partial charge is 0.367 e. The van der Waals surface area contributed by atoms with Crippen molar-refractivity contribution in [2.24, 2.45) is 0 Å². The van der Waals surface area contributed by atoms with Crippen molar-refractivity contribution in [3.8, 4) is 22.4 Å². The van der Waals surface area contributed by atoms with Crippen molar-refractivity contribution in [2.45, 2.75) is 6.92 Å². The standard InChI is InChI=1S/C16H12BrFN2O/c1-9-7-11(17)5-6-13(9)15-14(16(19)21-20-15)10-3-2-4-12(18)8-10/h2-8H,19H2,1H3. The van der Waals surface area contributed by atoms with Crippen LogP contribution >= 0.6 is 15.9 Å². The highest BCUT2D eigenvalue weighted by Crippen LogP contribution is 2.38. The van der Waals surface area contributed by atoms with Crippen molar-refractivity contribution in [3.63, 3.8) is 0 Å². The first-order chi connectivity index (χ1) is 10.1. The van der Waals surface area contributed by atoms with Crippen LogP contribution < -0.4 is 5.73 Å². The molecule has 0 aliphatic carbocycles. The molecule has 2 N–H and O–H groups in total. The van der Waals surface area contributed by atoms with Gasteiger partial charge in [-0.05, 0) is 42.3 Å². The maximum atomic E-state index is 13.5. The fourth-order valence-corrected chi connectivity index (χ4v) is 2.78. The van der Waals surface area contributed by atoms with Gasteiger partial charge in [0.05, 0.1) is 5.56 Å². The molecule has 0 saturated heterocycles. The summed E-state index contributed by atoms with van der Waals surface area (Å²) in [6.07, 6.45) is 0. The summed E-state index contributed by atoms with van der Waals surface area (Å²) in [4.78, 5) is 0. The van der Waals surface area contributed by atoms with Crippen LogP contribution in [0.5, 0.6) is 0 Å². The summed E-state index contributed by atoms with van der Waals surface area (Å²) in [7, 11) is 0. The van der Waals surface area contributed by atoms with Gasteiger partial charge in [-0.2, -0.15) is 0 Å². The second-order valence-electron chi connectivity index (χ2n) is 4.74. The molecule has 0 atom stereocenters. The van der Waals surface area contributed by atoms with Gasteiger partial charge in [-0.3, -0.25) is 0 Å². The molecule has 0 aliphatic rings. The van der Waals surface area contributed by atoms with Crippen molar-refractivity contribution < 1.29 is 8.91 Å². The summed E-state index contributed by atoms with van der Waals surface area (Å²) < 4.78 is 19.6. The van der Waals surface area contributed by atoms with Crippen molar-refractivity contribution in [1.29, 1.82) is 0 Å². The Bertz CT molecular complexity index is 814. The quantitative estimate of drug-likeness (QED) is 0.724. The van der Waals surface area contributed by atoms with Gasteiger partial charge in [0.2, 0.25) is 5.88 Å². The smallest absolute Gasteiger partial charge is 0.230 e. The van der Waals surface area contributed by atoms with Gasteiger partial charge < -0.3 is 10.3 Å². The van der Waals surface area contributed by atoms with Gasteiger partial charge in [-0.15, -0.1) is 0 Å². The third-order valence-corrected chi connectivity index (χ3v) is 3.77. The van der Waals surface area contributed by atoms with Crippen molar-refractivity contribution in [2.75, 3.05) is 5.73 Å². The van der Waals surface area contributed by atoms with Gasteiger partial charge in [0.1, 0.15) is 11.5 Å². The molecule has 1 aromatic heterocycles. The number of halogens is 2. The summed E-state index contributed by atoms with van der Waals surface area (Å²) in [5.74, 6) is -0.149. The SMILES string of the molecule is Cc1cc(Br)ccc1-c1noc(N)c1-c1cccc(F)c1. The summed E-state index contributed by atoms with van der Waals surface area (Å²) in [5, 5.41) is 4.04. The zero-order valence-electron chi connectivity index (χ0n) is 11.2. The van der Waals surface area contributed by atoms with Crippen LogP contribution in [0.4, 0.5) is 10.3 Å². The van der Waals surface area contributed by atoms with Gasteiger partial charge in [0.25, 0.3) is 0 Å². The molecule has 0 aliphatic heterocycles. The van der Waals surface area contributed by atoms with E-state index in [1.54, 1.807) is 12.1 Å². The first-order valence-electron chi connectivity index (χ1n) is 6.34. The van der Waals surface area contributed by atoms with E-state index in [4.69, 9.17) is 10.3 Å². The number of hydrogen-bond donors (Lipinski definition) is 1. The van der Waals surface area contributed by atoms with E-state index >= 15 is 0 Å². The number of hydrogen-bond acceptors (Lipinski definition) is 3. The van der Waals surface area contributed by atoms with Gasteiger partial charge in [-0.25, -0.2) is 4.39 Å². The Kier molecular flexibility index (Phi) is 3.51. The zero-order chi connectivity index (χ0) is 15.0. The van der Waals surface area contributed by atoms with Gasteiger partial charge in [-0.1, -0.05) is 39.3 Å². The van der Waals surface area contributed by atoms with Gasteiger partial charge in [0.15, 0.2) is 0 Å².